The second-order valence-electron chi connectivity index (χ2n) is 15.9. The second kappa shape index (κ2) is 46.2. The molecular formula is C51H88NO9P. The van der Waals surface area contributed by atoms with Gasteiger partial charge in [0.2, 0.25) is 0 Å². The molecule has 0 amide bonds. The van der Waals surface area contributed by atoms with E-state index in [1.54, 1.807) is 0 Å². The fraction of sp³-hybridized carbons (Fsp3) is 0.686. The number of nitrogens with two attached hydrogens (primary N) is 1. The van der Waals surface area contributed by atoms with Gasteiger partial charge in [-0.25, -0.2) is 4.57 Å². The summed E-state index contributed by atoms with van der Waals surface area (Å²) in [5.41, 5.74) is 5.36. The molecule has 0 bridgehead atoms. The third-order valence-electron chi connectivity index (χ3n) is 9.91. The zero-order chi connectivity index (χ0) is 45.5. The number of esters is 1. The van der Waals surface area contributed by atoms with E-state index in [1.165, 1.54) is 70.6 Å². The molecule has 0 spiro atoms. The molecule has 0 fully saturated rings. The predicted octanol–water partition coefficient (Wildman–Crippen LogP) is 13.9. The SMILES string of the molecule is CC/C=C\C/C=C\C/C=C\C/C=C\C/C=C\C/C=C\CCCCCCC(=O)OC(COCCCCCCCC/C=C\CCCCCCCCC)COP(=O)(O)OCC(N)C(=O)O. The molecule has 0 aliphatic heterocycles. The van der Waals surface area contributed by atoms with Gasteiger partial charge in [0.25, 0.3) is 0 Å². The molecule has 10 nitrogen and oxygen atoms in total. The fourth-order valence-corrected chi connectivity index (χ4v) is 6.97. The Morgan fingerprint density at radius 1 is 0.532 bits per heavy atom. The Morgan fingerprint density at radius 3 is 1.42 bits per heavy atom. The van der Waals surface area contributed by atoms with Gasteiger partial charge in [-0.1, -0.05) is 176 Å². The molecule has 11 heteroatoms. The van der Waals surface area contributed by atoms with Gasteiger partial charge in [-0.15, -0.1) is 0 Å². The van der Waals surface area contributed by atoms with Crippen LogP contribution in [0.15, 0.2) is 85.1 Å². The number of aliphatic carboxylic acids is 1. The van der Waals surface area contributed by atoms with Crippen LogP contribution in [0.3, 0.4) is 0 Å². The van der Waals surface area contributed by atoms with Crippen molar-refractivity contribution >= 4 is 19.8 Å². The first-order chi connectivity index (χ1) is 30.2. The van der Waals surface area contributed by atoms with Crippen LogP contribution in [0.5, 0.6) is 0 Å². The Hall–Kier alpha value is -2.85. The number of allylic oxidation sites excluding steroid dienone is 14. The minimum atomic E-state index is -4.63. The molecule has 0 saturated carbocycles. The van der Waals surface area contributed by atoms with Crippen LogP contribution >= 0.6 is 7.82 Å². The fourth-order valence-electron chi connectivity index (χ4n) is 6.19. The second-order valence-corrected chi connectivity index (χ2v) is 17.3. The van der Waals surface area contributed by atoms with Gasteiger partial charge in [0.1, 0.15) is 12.1 Å². The van der Waals surface area contributed by atoms with E-state index in [1.807, 2.05) is 0 Å². The highest BCUT2D eigenvalue weighted by molar-refractivity contribution is 7.47. The number of carbonyl (C=O) groups excluding carboxylic acids is 1. The maximum atomic E-state index is 12.7. The first-order valence-corrected chi connectivity index (χ1v) is 25.6. The average molecular weight is 890 g/mol. The highest BCUT2D eigenvalue weighted by Gasteiger charge is 2.27. The molecule has 0 aromatic heterocycles. The summed E-state index contributed by atoms with van der Waals surface area (Å²) in [5.74, 6) is -1.81. The lowest BCUT2D eigenvalue weighted by molar-refractivity contribution is -0.154. The molecule has 0 rings (SSSR count). The topological polar surface area (TPSA) is 155 Å². The Bertz CT molecular complexity index is 1310. The molecule has 0 heterocycles. The first-order valence-electron chi connectivity index (χ1n) is 24.1. The Labute approximate surface area is 377 Å². The van der Waals surface area contributed by atoms with E-state index in [0.717, 1.165) is 89.9 Å². The molecular weight excluding hydrogens is 802 g/mol. The third-order valence-corrected chi connectivity index (χ3v) is 10.9. The number of carboxylic acids is 1. The van der Waals surface area contributed by atoms with Crippen LogP contribution < -0.4 is 5.73 Å². The molecule has 3 atom stereocenters. The van der Waals surface area contributed by atoms with Crippen LogP contribution in [0.1, 0.15) is 187 Å². The van der Waals surface area contributed by atoms with Crippen molar-refractivity contribution in [3.8, 4) is 0 Å². The third kappa shape index (κ3) is 45.2. The summed E-state index contributed by atoms with van der Waals surface area (Å²) in [4.78, 5) is 33.6. The van der Waals surface area contributed by atoms with Crippen LogP contribution in [0.2, 0.25) is 0 Å². The minimum absolute atomic E-state index is 0.00245. The number of unbranched alkanes of at least 4 members (excludes halogenated alkanes) is 17. The average Bonchev–Trinajstić information content (AvgIpc) is 3.25. The van der Waals surface area contributed by atoms with Gasteiger partial charge >= 0.3 is 19.8 Å². The summed E-state index contributed by atoms with van der Waals surface area (Å²) in [7, 11) is -4.63. The molecule has 3 unspecified atom stereocenters. The number of carboxylic acid groups (broad SMARTS) is 1. The number of phosphoric ester groups is 1. The molecule has 0 radical (unpaired) electrons. The summed E-state index contributed by atoms with van der Waals surface area (Å²) in [5, 5.41) is 8.92. The number of hydrogen-bond donors (Lipinski definition) is 3. The van der Waals surface area contributed by atoms with Gasteiger partial charge in [-0.2, -0.15) is 0 Å². The molecule has 0 aliphatic carbocycles. The quantitative estimate of drug-likeness (QED) is 0.0233. The summed E-state index contributed by atoms with van der Waals surface area (Å²) in [6, 6.07) is -1.48. The van der Waals surface area contributed by atoms with E-state index >= 15 is 0 Å². The van der Waals surface area contributed by atoms with Gasteiger partial charge in [-0.3, -0.25) is 18.6 Å². The summed E-state index contributed by atoms with van der Waals surface area (Å²) in [6.45, 7) is 3.71. The zero-order valence-electron chi connectivity index (χ0n) is 38.9. The molecule has 0 saturated heterocycles. The summed E-state index contributed by atoms with van der Waals surface area (Å²) < 4.78 is 33.4. The van der Waals surface area contributed by atoms with Gasteiger partial charge < -0.3 is 25.2 Å². The van der Waals surface area contributed by atoms with Crippen molar-refractivity contribution in [2.75, 3.05) is 26.4 Å². The van der Waals surface area contributed by atoms with Crippen LogP contribution in [-0.2, 0) is 32.7 Å². The Morgan fingerprint density at radius 2 is 0.935 bits per heavy atom. The smallest absolute Gasteiger partial charge is 0.472 e. The Balaban J connectivity index is 4.28. The number of rotatable bonds is 45. The number of carbonyl (C=O) groups is 2. The number of ether oxygens (including phenoxy) is 2. The van der Waals surface area contributed by atoms with Crippen molar-refractivity contribution in [1.29, 1.82) is 0 Å². The van der Waals surface area contributed by atoms with Gasteiger partial charge in [0.05, 0.1) is 19.8 Å². The number of hydrogen-bond acceptors (Lipinski definition) is 8. The lowest BCUT2D eigenvalue weighted by atomic mass is 10.1. The molecule has 62 heavy (non-hydrogen) atoms. The molecule has 0 aromatic carbocycles. The van der Waals surface area contributed by atoms with Crippen molar-refractivity contribution < 1.29 is 42.7 Å². The minimum Gasteiger partial charge on any atom is -0.480 e. The van der Waals surface area contributed by atoms with Crippen LogP contribution in [-0.4, -0.2) is 60.5 Å². The lowest BCUT2D eigenvalue weighted by Crippen LogP contribution is -2.34. The van der Waals surface area contributed by atoms with E-state index in [4.69, 9.17) is 29.4 Å². The van der Waals surface area contributed by atoms with Crippen molar-refractivity contribution in [2.45, 2.75) is 199 Å². The molecule has 0 aliphatic rings. The predicted molar refractivity (Wildman–Crippen MR) is 258 cm³/mol. The normalized spacial score (nSPS) is 14.5. The molecule has 0 aromatic rings. The van der Waals surface area contributed by atoms with E-state index in [9.17, 15) is 19.0 Å². The van der Waals surface area contributed by atoms with Crippen molar-refractivity contribution in [1.82, 2.24) is 0 Å². The van der Waals surface area contributed by atoms with Crippen LogP contribution in [0, 0.1) is 0 Å². The Kier molecular flexibility index (Phi) is 44.0. The highest BCUT2D eigenvalue weighted by atomic mass is 31.2. The van der Waals surface area contributed by atoms with Crippen molar-refractivity contribution in [2.24, 2.45) is 5.73 Å². The van der Waals surface area contributed by atoms with Gasteiger partial charge in [-0.05, 0) is 89.9 Å². The van der Waals surface area contributed by atoms with Crippen LogP contribution in [0.25, 0.3) is 0 Å². The van der Waals surface area contributed by atoms with Crippen molar-refractivity contribution in [3.63, 3.8) is 0 Å². The first kappa shape index (κ1) is 59.1. The van der Waals surface area contributed by atoms with Gasteiger partial charge in [0.15, 0.2) is 0 Å². The summed E-state index contributed by atoms with van der Waals surface area (Å²) >= 11 is 0. The maximum absolute atomic E-state index is 12.7. The van der Waals surface area contributed by atoms with E-state index in [2.05, 4.69) is 98.9 Å². The monoisotopic (exact) mass is 890 g/mol. The largest absolute Gasteiger partial charge is 0.480 e. The lowest BCUT2D eigenvalue weighted by Gasteiger charge is -2.20. The van der Waals surface area contributed by atoms with Crippen LogP contribution in [0.4, 0.5) is 0 Å². The maximum Gasteiger partial charge on any atom is 0.472 e. The van der Waals surface area contributed by atoms with Gasteiger partial charge in [0, 0.05) is 13.0 Å². The van der Waals surface area contributed by atoms with Crippen molar-refractivity contribution in [3.05, 3.63) is 85.1 Å². The molecule has 4 N–H and O–H groups in total. The zero-order valence-corrected chi connectivity index (χ0v) is 39.8. The van der Waals surface area contributed by atoms with E-state index in [0.29, 0.717) is 13.0 Å². The summed E-state index contributed by atoms with van der Waals surface area (Å²) in [6.07, 6.45) is 59.2. The van der Waals surface area contributed by atoms with E-state index in [-0.39, 0.29) is 13.0 Å². The highest BCUT2D eigenvalue weighted by Crippen LogP contribution is 2.43. The molecule has 356 valence electrons. The van der Waals surface area contributed by atoms with E-state index < -0.39 is 45.1 Å². The standard InChI is InChI=1S/C51H88NO9P/c1-3-5-7-9-11-13-15-17-19-21-22-23-24-25-26-27-29-31-33-35-37-39-41-43-50(53)61-48(46-59-62(56,57)60-47-49(52)51(54)55)45-58-44-42-40-38-36-34-32-30-28-20-18-16-14-12-10-8-6-4-2/h5,7,11,13,17,19-20,22-23,25-26,28-29,31,48-49H,3-4,6,8-10,12,14-16,18,21,24,27,30,32-47,52H2,1-2H3,(H,54,55)(H,56,57)/b7-5-,13-11-,19-17-,23-22-,26-25-,28-20-,31-29-. The number of phosphoric acid groups is 1.